The fourth-order valence-corrected chi connectivity index (χ4v) is 2.95. The molecular weight excluding hydrogens is 376 g/mol. The number of amides is 2. The van der Waals surface area contributed by atoms with Gasteiger partial charge in [0.25, 0.3) is 0 Å². The molecule has 2 aromatic rings. The second-order valence-electron chi connectivity index (χ2n) is 7.13. The van der Waals surface area contributed by atoms with Crippen LogP contribution in [0, 0.1) is 12.8 Å². The molecule has 1 heterocycles. The van der Waals surface area contributed by atoms with E-state index in [0.29, 0.717) is 29.7 Å². The van der Waals surface area contributed by atoms with Crippen molar-refractivity contribution in [2.45, 2.75) is 46.8 Å². The van der Waals surface area contributed by atoms with E-state index in [9.17, 15) is 9.59 Å². The lowest BCUT2D eigenvalue weighted by atomic mass is 10.2. The van der Waals surface area contributed by atoms with Gasteiger partial charge in [-0.3, -0.25) is 14.3 Å². The summed E-state index contributed by atoms with van der Waals surface area (Å²) in [5.41, 5.74) is 2.46. The van der Waals surface area contributed by atoms with E-state index in [0.717, 1.165) is 11.3 Å². The Morgan fingerprint density at radius 1 is 1.21 bits per heavy atom. The number of aryl methyl sites for hydroxylation is 1. The number of nitrogens with one attached hydrogen (secondary N) is 2. The molecule has 28 heavy (non-hydrogen) atoms. The monoisotopic (exact) mass is 402 g/mol. The molecule has 1 unspecified atom stereocenters. The van der Waals surface area contributed by atoms with E-state index >= 15 is 0 Å². The predicted molar refractivity (Wildman–Crippen MR) is 112 cm³/mol. The minimum atomic E-state index is -0.652. The van der Waals surface area contributed by atoms with E-state index in [4.69, 9.17) is 11.6 Å². The standard InChI is InChI=1S/C21H27ClN4O2/c1-14(2)13-26-20(22)18(15(3)25-26)10-11-19(27)24-16(4)21(28)23-12-17-8-6-5-7-9-17/h5-11,14,16H,12-13H2,1-4H3,(H,23,28)(H,24,27)/b11-10+. The van der Waals surface area contributed by atoms with Crippen LogP contribution in [0.1, 0.15) is 37.6 Å². The predicted octanol–water partition coefficient (Wildman–Crippen LogP) is 3.34. The maximum absolute atomic E-state index is 12.2. The highest BCUT2D eigenvalue weighted by Gasteiger charge is 2.15. The first-order valence-corrected chi connectivity index (χ1v) is 9.68. The van der Waals surface area contributed by atoms with Gasteiger partial charge in [0.15, 0.2) is 0 Å². The summed E-state index contributed by atoms with van der Waals surface area (Å²) in [6.07, 6.45) is 3.00. The van der Waals surface area contributed by atoms with Gasteiger partial charge in [0.1, 0.15) is 11.2 Å². The minimum absolute atomic E-state index is 0.246. The first-order chi connectivity index (χ1) is 13.3. The van der Waals surface area contributed by atoms with Crippen molar-refractivity contribution in [1.82, 2.24) is 20.4 Å². The van der Waals surface area contributed by atoms with E-state index in [1.54, 1.807) is 17.7 Å². The van der Waals surface area contributed by atoms with E-state index in [1.807, 2.05) is 37.3 Å². The Morgan fingerprint density at radius 3 is 2.54 bits per heavy atom. The number of carbonyl (C=O) groups excluding carboxylic acids is 2. The third-order valence-corrected chi connectivity index (χ3v) is 4.51. The molecular formula is C21H27ClN4O2. The van der Waals surface area contributed by atoms with Gasteiger partial charge in [-0.05, 0) is 31.4 Å². The molecule has 0 aliphatic carbocycles. The molecule has 0 aliphatic rings. The summed E-state index contributed by atoms with van der Waals surface area (Å²) in [7, 11) is 0. The number of halogens is 1. The topological polar surface area (TPSA) is 76.0 Å². The van der Waals surface area contributed by atoms with E-state index in [1.165, 1.54) is 6.08 Å². The molecule has 1 aromatic heterocycles. The van der Waals surface area contributed by atoms with Crippen LogP contribution in [-0.2, 0) is 22.7 Å². The quantitative estimate of drug-likeness (QED) is 0.665. The maximum atomic E-state index is 12.2. The van der Waals surface area contributed by atoms with Gasteiger partial charge >= 0.3 is 0 Å². The number of aromatic nitrogens is 2. The van der Waals surface area contributed by atoms with Gasteiger partial charge in [-0.25, -0.2) is 0 Å². The smallest absolute Gasteiger partial charge is 0.244 e. The number of rotatable bonds is 8. The number of benzene rings is 1. The average molecular weight is 403 g/mol. The molecule has 0 bridgehead atoms. The van der Waals surface area contributed by atoms with Crippen molar-refractivity contribution in [3.63, 3.8) is 0 Å². The molecule has 2 amide bonds. The summed E-state index contributed by atoms with van der Waals surface area (Å²) in [5, 5.41) is 10.4. The first kappa shape index (κ1) is 21.7. The van der Waals surface area contributed by atoms with Gasteiger partial charge in [0, 0.05) is 24.7 Å². The highest BCUT2D eigenvalue weighted by atomic mass is 35.5. The zero-order valence-electron chi connectivity index (χ0n) is 16.7. The fraction of sp³-hybridized carbons (Fsp3) is 0.381. The molecule has 1 atom stereocenters. The SMILES string of the molecule is Cc1nn(CC(C)C)c(Cl)c1/C=C/C(=O)NC(C)C(=O)NCc1ccccc1. The van der Waals surface area contributed by atoms with Crippen LogP contribution in [0.25, 0.3) is 6.08 Å². The Balaban J connectivity index is 1.90. The molecule has 0 saturated heterocycles. The average Bonchev–Trinajstić information content (AvgIpc) is 2.91. The summed E-state index contributed by atoms with van der Waals surface area (Å²) < 4.78 is 1.73. The van der Waals surface area contributed by atoms with Gasteiger partial charge in [-0.15, -0.1) is 0 Å². The lowest BCUT2D eigenvalue weighted by Crippen LogP contribution is -2.44. The highest BCUT2D eigenvalue weighted by molar-refractivity contribution is 6.31. The second-order valence-corrected chi connectivity index (χ2v) is 7.49. The molecule has 2 N–H and O–H groups in total. The molecule has 0 spiro atoms. The Hall–Kier alpha value is -2.60. The van der Waals surface area contributed by atoms with Crippen LogP contribution in [-0.4, -0.2) is 27.6 Å². The van der Waals surface area contributed by atoms with Crippen LogP contribution >= 0.6 is 11.6 Å². The third kappa shape index (κ3) is 6.23. The Labute approximate surface area is 171 Å². The van der Waals surface area contributed by atoms with E-state index in [-0.39, 0.29) is 11.8 Å². The molecule has 1 aromatic carbocycles. The molecule has 150 valence electrons. The summed E-state index contributed by atoms with van der Waals surface area (Å²) in [5.74, 6) is -0.203. The Morgan fingerprint density at radius 2 is 1.89 bits per heavy atom. The van der Waals surface area contributed by atoms with E-state index < -0.39 is 6.04 Å². The van der Waals surface area contributed by atoms with Gasteiger partial charge in [-0.1, -0.05) is 55.8 Å². The number of carbonyl (C=O) groups is 2. The van der Waals surface area contributed by atoms with Crippen LogP contribution in [0.3, 0.4) is 0 Å². The molecule has 0 radical (unpaired) electrons. The molecule has 6 nitrogen and oxygen atoms in total. The number of nitrogens with zero attached hydrogens (tertiary/aromatic N) is 2. The lowest BCUT2D eigenvalue weighted by molar-refractivity contribution is -0.126. The van der Waals surface area contributed by atoms with E-state index in [2.05, 4.69) is 29.6 Å². The Kier molecular flexibility index (Phi) is 7.81. The maximum Gasteiger partial charge on any atom is 0.244 e. The fourth-order valence-electron chi connectivity index (χ4n) is 2.65. The largest absolute Gasteiger partial charge is 0.350 e. The van der Waals surface area contributed by atoms with Gasteiger partial charge in [0.2, 0.25) is 11.8 Å². The number of hydrogen-bond acceptors (Lipinski definition) is 3. The molecule has 0 fully saturated rings. The summed E-state index contributed by atoms with van der Waals surface area (Å²) in [6, 6.07) is 8.94. The second kappa shape index (κ2) is 10.1. The van der Waals surface area contributed by atoms with Crippen molar-refractivity contribution < 1.29 is 9.59 Å². The third-order valence-electron chi connectivity index (χ3n) is 4.11. The van der Waals surface area contributed by atoms with Crippen LogP contribution in [0.2, 0.25) is 5.15 Å². The van der Waals surface area contributed by atoms with Gasteiger partial charge < -0.3 is 10.6 Å². The van der Waals surface area contributed by atoms with Crippen molar-refractivity contribution in [2.75, 3.05) is 0 Å². The Bertz CT molecular complexity index is 844. The lowest BCUT2D eigenvalue weighted by Gasteiger charge is -2.13. The van der Waals surface area contributed by atoms with Crippen molar-refractivity contribution in [2.24, 2.45) is 5.92 Å². The van der Waals surface area contributed by atoms with Crippen LogP contribution < -0.4 is 10.6 Å². The van der Waals surface area contributed by atoms with Crippen LogP contribution in [0.5, 0.6) is 0 Å². The molecule has 2 rings (SSSR count). The first-order valence-electron chi connectivity index (χ1n) is 9.31. The molecule has 0 aliphatic heterocycles. The molecule has 7 heteroatoms. The van der Waals surface area contributed by atoms with Crippen LogP contribution in [0.4, 0.5) is 0 Å². The number of hydrogen-bond donors (Lipinski definition) is 2. The van der Waals surface area contributed by atoms with Crippen molar-refractivity contribution in [3.05, 3.63) is 58.4 Å². The van der Waals surface area contributed by atoms with Gasteiger partial charge in [-0.2, -0.15) is 5.10 Å². The van der Waals surface area contributed by atoms with Crippen molar-refractivity contribution in [3.8, 4) is 0 Å². The highest BCUT2D eigenvalue weighted by Crippen LogP contribution is 2.22. The summed E-state index contributed by atoms with van der Waals surface area (Å²) in [4.78, 5) is 24.3. The summed E-state index contributed by atoms with van der Waals surface area (Å²) in [6.45, 7) is 8.78. The van der Waals surface area contributed by atoms with Gasteiger partial charge in [0.05, 0.1) is 5.69 Å². The zero-order chi connectivity index (χ0) is 20.7. The normalized spacial score (nSPS) is 12.4. The molecule has 0 saturated carbocycles. The summed E-state index contributed by atoms with van der Waals surface area (Å²) >= 11 is 6.37. The van der Waals surface area contributed by atoms with Crippen LogP contribution in [0.15, 0.2) is 36.4 Å². The van der Waals surface area contributed by atoms with Crippen molar-refractivity contribution >= 4 is 29.5 Å². The zero-order valence-corrected chi connectivity index (χ0v) is 17.5. The van der Waals surface area contributed by atoms with Crippen molar-refractivity contribution in [1.29, 1.82) is 0 Å². The minimum Gasteiger partial charge on any atom is -0.350 e.